The van der Waals surface area contributed by atoms with E-state index >= 15 is 0 Å². The van der Waals surface area contributed by atoms with Gasteiger partial charge in [0.2, 0.25) is 5.91 Å². The fourth-order valence-corrected chi connectivity index (χ4v) is 2.22. The average Bonchev–Trinajstić information content (AvgIpc) is 2.20. The Kier molecular flexibility index (Phi) is 7.48. The van der Waals surface area contributed by atoms with Crippen LogP contribution in [0.3, 0.4) is 0 Å². The molecule has 0 saturated carbocycles. The second-order valence-electron chi connectivity index (χ2n) is 6.09. The quantitative estimate of drug-likeness (QED) is 0.693. The minimum Gasteiger partial charge on any atom is -0.387 e. The number of carbonyl (C=O) groups is 1. The molecule has 0 aromatic heterocycles. The van der Waals surface area contributed by atoms with Crippen LogP contribution in [0.15, 0.2) is 0 Å². The molecule has 0 aliphatic rings. The van der Waals surface area contributed by atoms with E-state index in [0.29, 0.717) is 19.0 Å². The predicted octanol–water partition coefficient (Wildman–Crippen LogP) is 1.49. The highest BCUT2D eigenvalue weighted by molar-refractivity contribution is 5.78. The van der Waals surface area contributed by atoms with E-state index in [2.05, 4.69) is 26.1 Å². The first-order valence-electron chi connectivity index (χ1n) is 6.84. The highest BCUT2D eigenvalue weighted by Gasteiger charge is 2.26. The van der Waals surface area contributed by atoms with Crippen LogP contribution >= 0.6 is 0 Å². The van der Waals surface area contributed by atoms with Gasteiger partial charge in [-0.25, -0.2) is 0 Å². The van der Waals surface area contributed by atoms with E-state index in [0.717, 1.165) is 12.8 Å². The van der Waals surface area contributed by atoms with Gasteiger partial charge >= 0.3 is 0 Å². The van der Waals surface area contributed by atoms with Crippen molar-refractivity contribution < 1.29 is 9.90 Å². The maximum absolute atomic E-state index is 12.1. The van der Waals surface area contributed by atoms with Crippen molar-refractivity contribution in [1.82, 2.24) is 10.2 Å². The normalized spacial score (nSPS) is 16.7. The van der Waals surface area contributed by atoms with Gasteiger partial charge in [0, 0.05) is 19.0 Å². The zero-order chi connectivity index (χ0) is 14.3. The number of aliphatic hydroxyl groups is 1. The fraction of sp³-hybridized carbons (Fsp3) is 0.929. The highest BCUT2D eigenvalue weighted by atomic mass is 16.3. The van der Waals surface area contributed by atoms with Gasteiger partial charge in [0.05, 0.1) is 5.60 Å². The van der Waals surface area contributed by atoms with Crippen LogP contribution in [0.2, 0.25) is 0 Å². The molecule has 0 aliphatic heterocycles. The minimum atomic E-state index is -0.882. The molecular formula is C14H30N2O2. The molecule has 0 rings (SSSR count). The zero-order valence-corrected chi connectivity index (χ0v) is 12.8. The molecule has 0 radical (unpaired) electrons. The van der Waals surface area contributed by atoms with Gasteiger partial charge in [-0.05, 0) is 33.4 Å². The third kappa shape index (κ3) is 6.97. The fourth-order valence-electron chi connectivity index (χ4n) is 2.22. The molecule has 0 heterocycles. The van der Waals surface area contributed by atoms with E-state index < -0.39 is 5.60 Å². The van der Waals surface area contributed by atoms with Crippen LogP contribution in [-0.4, -0.2) is 48.7 Å². The predicted molar refractivity (Wildman–Crippen MR) is 75.4 cm³/mol. The maximum Gasteiger partial charge on any atom is 0.223 e. The van der Waals surface area contributed by atoms with Crippen LogP contribution in [0.1, 0.15) is 40.5 Å². The van der Waals surface area contributed by atoms with Crippen LogP contribution in [0.25, 0.3) is 0 Å². The third-order valence-electron chi connectivity index (χ3n) is 3.04. The average molecular weight is 258 g/mol. The first kappa shape index (κ1) is 17.4. The maximum atomic E-state index is 12.1. The van der Waals surface area contributed by atoms with Gasteiger partial charge in [0.25, 0.3) is 0 Å². The molecule has 2 unspecified atom stereocenters. The molecule has 0 aliphatic carbocycles. The van der Waals surface area contributed by atoms with Gasteiger partial charge in [-0.3, -0.25) is 4.79 Å². The van der Waals surface area contributed by atoms with E-state index in [-0.39, 0.29) is 11.8 Å². The number of likely N-dealkylation sites (N-methyl/N-ethyl adjacent to an activating group) is 1. The Morgan fingerprint density at radius 3 is 2.33 bits per heavy atom. The topological polar surface area (TPSA) is 52.6 Å². The van der Waals surface area contributed by atoms with Gasteiger partial charge in [0.15, 0.2) is 0 Å². The summed E-state index contributed by atoms with van der Waals surface area (Å²) in [6, 6.07) is 0. The minimum absolute atomic E-state index is 0.0464. The number of amides is 1. The number of hydrogen-bond donors (Lipinski definition) is 2. The summed E-state index contributed by atoms with van der Waals surface area (Å²) in [5.41, 5.74) is -0.882. The van der Waals surface area contributed by atoms with E-state index in [4.69, 9.17) is 0 Å². The molecule has 0 aromatic rings. The molecule has 2 N–H and O–H groups in total. The summed E-state index contributed by atoms with van der Waals surface area (Å²) in [6.07, 6.45) is 1.91. The summed E-state index contributed by atoms with van der Waals surface area (Å²) in [7, 11) is 3.81. The molecule has 18 heavy (non-hydrogen) atoms. The van der Waals surface area contributed by atoms with Gasteiger partial charge < -0.3 is 15.3 Å². The SMILES string of the molecule is CCCC(C(=O)NCC(C)(O)CN(C)C)C(C)C. The van der Waals surface area contributed by atoms with Gasteiger partial charge in [0.1, 0.15) is 0 Å². The van der Waals surface area contributed by atoms with Crippen molar-refractivity contribution >= 4 is 5.91 Å². The second-order valence-corrected chi connectivity index (χ2v) is 6.09. The van der Waals surface area contributed by atoms with E-state index in [1.54, 1.807) is 6.92 Å². The lowest BCUT2D eigenvalue weighted by Crippen LogP contribution is -2.48. The van der Waals surface area contributed by atoms with Crippen molar-refractivity contribution in [1.29, 1.82) is 0 Å². The van der Waals surface area contributed by atoms with E-state index in [1.165, 1.54) is 0 Å². The number of hydrogen-bond acceptors (Lipinski definition) is 3. The summed E-state index contributed by atoms with van der Waals surface area (Å²) in [6.45, 7) is 8.81. The van der Waals surface area contributed by atoms with Crippen molar-refractivity contribution in [2.24, 2.45) is 11.8 Å². The summed E-state index contributed by atoms with van der Waals surface area (Å²) >= 11 is 0. The molecule has 0 aromatic carbocycles. The Balaban J connectivity index is 4.30. The number of carbonyl (C=O) groups excluding carboxylic acids is 1. The van der Waals surface area contributed by atoms with Crippen LogP contribution in [-0.2, 0) is 4.79 Å². The molecule has 4 heteroatoms. The van der Waals surface area contributed by atoms with E-state index in [9.17, 15) is 9.90 Å². The van der Waals surface area contributed by atoms with Gasteiger partial charge in [-0.2, -0.15) is 0 Å². The van der Waals surface area contributed by atoms with Crippen LogP contribution in [0, 0.1) is 11.8 Å². The molecule has 0 spiro atoms. The summed E-state index contributed by atoms with van der Waals surface area (Å²) < 4.78 is 0. The summed E-state index contributed by atoms with van der Waals surface area (Å²) in [5, 5.41) is 13.0. The monoisotopic (exact) mass is 258 g/mol. The number of rotatable bonds is 8. The van der Waals surface area contributed by atoms with Crippen molar-refractivity contribution in [3.63, 3.8) is 0 Å². The van der Waals surface area contributed by atoms with Crippen LogP contribution in [0.4, 0.5) is 0 Å². The molecule has 0 bridgehead atoms. The highest BCUT2D eigenvalue weighted by Crippen LogP contribution is 2.17. The van der Waals surface area contributed by atoms with E-state index in [1.807, 2.05) is 19.0 Å². The summed E-state index contributed by atoms with van der Waals surface area (Å²) in [4.78, 5) is 14.0. The van der Waals surface area contributed by atoms with Crippen molar-refractivity contribution in [3.05, 3.63) is 0 Å². The smallest absolute Gasteiger partial charge is 0.223 e. The van der Waals surface area contributed by atoms with Crippen molar-refractivity contribution in [3.8, 4) is 0 Å². The zero-order valence-electron chi connectivity index (χ0n) is 12.8. The summed E-state index contributed by atoms with van der Waals surface area (Å²) in [5.74, 6) is 0.444. The lowest BCUT2D eigenvalue weighted by atomic mass is 9.90. The Morgan fingerprint density at radius 1 is 1.39 bits per heavy atom. The van der Waals surface area contributed by atoms with Gasteiger partial charge in [-0.15, -0.1) is 0 Å². The molecule has 4 nitrogen and oxygen atoms in total. The standard InChI is InChI=1S/C14H30N2O2/c1-7-8-12(11(2)3)13(17)15-9-14(4,18)10-16(5)6/h11-12,18H,7-10H2,1-6H3,(H,15,17). The molecule has 108 valence electrons. The molecular weight excluding hydrogens is 228 g/mol. The van der Waals surface area contributed by atoms with Crippen LogP contribution < -0.4 is 5.32 Å². The Bertz CT molecular complexity index is 250. The number of nitrogens with one attached hydrogen (secondary N) is 1. The second kappa shape index (κ2) is 7.74. The Hall–Kier alpha value is -0.610. The Labute approximate surface area is 112 Å². The van der Waals surface area contributed by atoms with Crippen molar-refractivity contribution in [2.45, 2.75) is 46.1 Å². The largest absolute Gasteiger partial charge is 0.387 e. The number of nitrogens with zero attached hydrogens (tertiary/aromatic N) is 1. The first-order valence-corrected chi connectivity index (χ1v) is 6.84. The molecule has 0 saturated heterocycles. The van der Waals surface area contributed by atoms with Gasteiger partial charge in [-0.1, -0.05) is 27.2 Å². The molecule has 2 atom stereocenters. The lowest BCUT2D eigenvalue weighted by molar-refractivity contribution is -0.127. The molecule has 1 amide bonds. The van der Waals surface area contributed by atoms with Crippen LogP contribution in [0.5, 0.6) is 0 Å². The van der Waals surface area contributed by atoms with Crippen molar-refractivity contribution in [2.75, 3.05) is 27.2 Å². The lowest BCUT2D eigenvalue weighted by Gasteiger charge is -2.28. The third-order valence-corrected chi connectivity index (χ3v) is 3.04. The molecule has 0 fully saturated rings. The first-order chi connectivity index (χ1) is 8.19. The Morgan fingerprint density at radius 2 is 1.94 bits per heavy atom.